The number of aromatic nitrogens is 20. The fourth-order valence-electron chi connectivity index (χ4n) is 7.17. The third kappa shape index (κ3) is 76.9. The molecule has 120 heavy (non-hydrogen) atoms. The van der Waals surface area contributed by atoms with Crippen LogP contribution in [0.15, 0.2) is 283 Å². The number of benzene rings is 3. The van der Waals surface area contributed by atoms with Crippen molar-refractivity contribution in [1.29, 1.82) is 0 Å². The van der Waals surface area contributed by atoms with Crippen LogP contribution in [0.1, 0.15) is 234 Å². The summed E-state index contributed by atoms with van der Waals surface area (Å²) >= 11 is 0. The summed E-state index contributed by atoms with van der Waals surface area (Å²) in [6.45, 7) is 71.6. The van der Waals surface area contributed by atoms with Gasteiger partial charge >= 0.3 is 0 Å². The summed E-state index contributed by atoms with van der Waals surface area (Å²) in [5.41, 5.74) is 12.6. The molecule has 20 heteroatoms. The molecule has 0 atom stereocenters. The summed E-state index contributed by atoms with van der Waals surface area (Å²) in [6, 6.07) is 46.2. The largest absolute Gasteiger partial charge is 0.265 e. The quantitative estimate of drug-likeness (QED) is 0.137. The summed E-state index contributed by atoms with van der Waals surface area (Å²) in [5.74, 6) is 2.34. The van der Waals surface area contributed by atoms with Crippen LogP contribution in [0.3, 0.4) is 0 Å². The van der Waals surface area contributed by atoms with Gasteiger partial charge in [0.1, 0.15) is 55.4 Å². The van der Waals surface area contributed by atoms with E-state index in [9.17, 15) is 0 Å². The molecule has 12 aromatic heterocycles. The van der Waals surface area contributed by atoms with Crippen molar-refractivity contribution in [2.24, 2.45) is 0 Å². The molecule has 0 aliphatic heterocycles. The van der Waals surface area contributed by atoms with Crippen molar-refractivity contribution >= 4 is 32.6 Å². The van der Waals surface area contributed by atoms with Crippen LogP contribution >= 0.6 is 0 Å². The predicted octanol–water partition coefficient (Wildman–Crippen LogP) is 27.6. The highest BCUT2D eigenvalue weighted by Gasteiger charge is 1.96. The molecule has 15 aromatic rings. The number of aryl methyl sites for hydroxylation is 12. The van der Waals surface area contributed by atoms with E-state index in [0.717, 1.165) is 51.2 Å². The molecule has 0 N–H and O–H groups in total. The Bertz CT molecular complexity index is 3630. The predicted molar refractivity (Wildman–Crippen MR) is 519 cm³/mol. The number of hydrogen-bond donors (Lipinski definition) is 0. The number of para-hydroxylation sites is 2. The van der Waals surface area contributed by atoms with Gasteiger partial charge in [0.05, 0.1) is 16.7 Å². The average molecular weight is 1640 g/mol. The fraction of sp³-hybridized carbons (Fsp3) is 0.360. The first-order chi connectivity index (χ1) is 58.7. The Hall–Kier alpha value is -12.3. The van der Waals surface area contributed by atoms with Gasteiger partial charge in [-0.1, -0.05) is 245 Å². The summed E-state index contributed by atoms with van der Waals surface area (Å²) in [4.78, 5) is 77.2. The van der Waals surface area contributed by atoms with E-state index in [4.69, 9.17) is 0 Å². The van der Waals surface area contributed by atoms with Gasteiger partial charge in [-0.2, -0.15) is 0 Å². The molecular formula is C100H154N20. The second-order valence-corrected chi connectivity index (χ2v) is 20.3. The molecule has 0 aliphatic carbocycles. The number of nitrogens with zero attached hydrogens (tertiary/aromatic N) is 20. The van der Waals surface area contributed by atoms with Gasteiger partial charge < -0.3 is 0 Å². The Morgan fingerprint density at radius 2 is 0.533 bits per heavy atom. The molecule has 654 valence electrons. The van der Waals surface area contributed by atoms with E-state index in [1.807, 2.05) is 326 Å². The van der Waals surface area contributed by atoms with E-state index in [1.54, 1.807) is 80.4 Å². The van der Waals surface area contributed by atoms with Gasteiger partial charge in [0.25, 0.3) is 0 Å². The van der Waals surface area contributed by atoms with Crippen molar-refractivity contribution in [3.05, 3.63) is 351 Å². The molecule has 0 aliphatic rings. The second-order valence-electron chi connectivity index (χ2n) is 20.3. The van der Waals surface area contributed by atoms with Gasteiger partial charge in [0.2, 0.25) is 0 Å². The highest BCUT2D eigenvalue weighted by Crippen LogP contribution is 2.17. The Balaban J connectivity index is -0.000000157. The minimum atomic E-state index is 0.759. The first-order valence-electron chi connectivity index (χ1n) is 42.3. The number of rotatable bonds is 0. The Morgan fingerprint density at radius 1 is 0.167 bits per heavy atom. The van der Waals surface area contributed by atoms with E-state index >= 15 is 0 Å². The van der Waals surface area contributed by atoms with Crippen LogP contribution < -0.4 is 0 Å². The van der Waals surface area contributed by atoms with Crippen LogP contribution in [0.25, 0.3) is 32.6 Å². The van der Waals surface area contributed by atoms with Gasteiger partial charge in [0, 0.05) is 133 Å². The van der Waals surface area contributed by atoms with Crippen LogP contribution in [-0.4, -0.2) is 99.7 Å². The van der Waals surface area contributed by atoms with Crippen LogP contribution in [0.5, 0.6) is 0 Å². The third-order valence-electron chi connectivity index (χ3n) is 12.1. The van der Waals surface area contributed by atoms with Gasteiger partial charge in [-0.05, 0) is 183 Å². The lowest BCUT2D eigenvalue weighted by atomic mass is 10.1. The Labute approximate surface area is 728 Å². The molecule has 3 aromatic carbocycles. The van der Waals surface area contributed by atoms with Crippen molar-refractivity contribution in [1.82, 2.24) is 99.7 Å². The Kier molecular flexibility index (Phi) is 108. The van der Waals surface area contributed by atoms with E-state index < -0.39 is 0 Å². The first kappa shape index (κ1) is 126. The van der Waals surface area contributed by atoms with Gasteiger partial charge in [-0.3, -0.25) is 39.9 Å². The zero-order chi connectivity index (χ0) is 93.1. The molecule has 0 fully saturated rings. The molecular weight excluding hydrogens is 1480 g/mol. The van der Waals surface area contributed by atoms with Crippen molar-refractivity contribution in [3.8, 4) is 0 Å². The molecule has 0 unspecified atom stereocenters. The molecule has 0 bridgehead atoms. The van der Waals surface area contributed by atoms with Gasteiger partial charge in [0.15, 0.2) is 0 Å². The molecule has 20 nitrogen and oxygen atoms in total. The maximum atomic E-state index is 4.28. The number of fused-ring (bicyclic) bond motifs is 3. The molecule has 15 rings (SSSR count). The number of hydrogen-bond acceptors (Lipinski definition) is 20. The molecule has 0 saturated carbocycles. The van der Waals surface area contributed by atoms with Crippen molar-refractivity contribution in [2.45, 2.75) is 249 Å². The van der Waals surface area contributed by atoms with E-state index in [0.29, 0.717) is 0 Å². The fourth-order valence-corrected chi connectivity index (χ4v) is 7.17. The smallest absolute Gasteiger partial charge is 0.128 e. The summed E-state index contributed by atoms with van der Waals surface area (Å²) in [6.07, 6.45) is 39.1. The summed E-state index contributed by atoms with van der Waals surface area (Å²) in [7, 11) is 0. The minimum Gasteiger partial charge on any atom is -0.265 e. The summed E-state index contributed by atoms with van der Waals surface area (Å²) < 4.78 is 0. The van der Waals surface area contributed by atoms with Crippen molar-refractivity contribution < 1.29 is 0 Å². The second kappa shape index (κ2) is 103. The highest BCUT2D eigenvalue weighted by molar-refractivity contribution is 5.84. The first-order valence-corrected chi connectivity index (χ1v) is 42.3. The van der Waals surface area contributed by atoms with Crippen LogP contribution in [0, 0.1) is 83.1 Å². The topological polar surface area (TPSA) is 258 Å². The van der Waals surface area contributed by atoms with E-state index in [2.05, 4.69) is 187 Å². The highest BCUT2D eigenvalue weighted by atomic mass is 15.0. The number of pyridine rings is 6. The summed E-state index contributed by atoms with van der Waals surface area (Å²) in [5, 5.41) is 4.94. The van der Waals surface area contributed by atoms with Crippen LogP contribution in [0.4, 0.5) is 0 Å². The zero-order valence-electron chi connectivity index (χ0n) is 80.5. The van der Waals surface area contributed by atoms with Crippen molar-refractivity contribution in [3.63, 3.8) is 0 Å². The minimum absolute atomic E-state index is 0.759. The van der Waals surface area contributed by atoms with E-state index in [1.165, 1.54) is 87.3 Å². The zero-order valence-corrected chi connectivity index (χ0v) is 80.5. The van der Waals surface area contributed by atoms with Gasteiger partial charge in [-0.25, -0.2) is 59.8 Å². The Morgan fingerprint density at radius 3 is 0.808 bits per heavy atom. The molecule has 12 heterocycles. The molecule has 0 spiro atoms. The third-order valence-corrected chi connectivity index (χ3v) is 12.1. The maximum absolute atomic E-state index is 4.28. The monoisotopic (exact) mass is 1640 g/mol. The molecule has 0 saturated heterocycles. The lowest BCUT2D eigenvalue weighted by molar-refractivity contribution is 0.973. The lowest BCUT2D eigenvalue weighted by Gasteiger charge is -1.98. The standard InChI is InChI=1S/3C10H9N.3C6H7N.4C5H6N2.2C4H5N3.12C2H6/c2*1-8-4-2-5-9-6-3-7-11-10(8)9;1-8-3-2-4-9-5-6-11-7-10(8)9;1-6-2-4-7-5-3-6;1-6-3-2-4-7-5-6;1-6-4-2-3-5-7-6;1-5-2-6-4-7-3-5;1-5-4-6-2-3-7-5;1-5-2-3-6-4-7-5;1-5-6-3-2-4-7-5;2*1-4-6-2-5-3-7-4;12*1-2/h3*2-7H,1H3;3*2-5H,1H3;4*2-4H,1H3;2*2-3H,1H3;12*1-2H3. The molecule has 0 amide bonds. The normalized spacial score (nSPS) is 8.00. The van der Waals surface area contributed by atoms with Crippen molar-refractivity contribution in [2.75, 3.05) is 0 Å². The van der Waals surface area contributed by atoms with Crippen LogP contribution in [-0.2, 0) is 0 Å². The lowest BCUT2D eigenvalue weighted by Crippen LogP contribution is -1.84. The van der Waals surface area contributed by atoms with Crippen LogP contribution in [0.2, 0.25) is 0 Å². The average Bonchev–Trinajstić information content (AvgIpc) is 0.855. The van der Waals surface area contributed by atoms with E-state index in [-0.39, 0.29) is 0 Å². The van der Waals surface area contributed by atoms with Gasteiger partial charge in [-0.15, -0.1) is 0 Å². The molecule has 0 radical (unpaired) electrons. The SMILES string of the molecule is CC.CC.CC.CC.CC.CC.CC.CC.CC.CC.CC.CC.Cc1cccc2cccnc12.Cc1cccc2cccnc12.Cc1cccc2ccncc12.Cc1ccccn1.Cc1cccnc1.Cc1ccncc1.Cc1ccncn1.Cc1cnccn1.Cc1cncnc1.Cc1ncccn1.Cc1ncncn1.Cc1ncncn1. The maximum Gasteiger partial charge on any atom is 0.128 e.